The molecule has 0 aliphatic carbocycles. The van der Waals surface area contributed by atoms with Crippen LogP contribution < -0.4 is 71.9 Å². The molecule has 2 fully saturated rings. The molecule has 4 amide bonds. The monoisotopic (exact) mass is 1720 g/mol. The summed E-state index contributed by atoms with van der Waals surface area (Å²) in [5.74, 6) is -2.33. The number of carbonyl (C=O) groups excluding carboxylic acids is 6. The number of aliphatic hydroxyl groups is 4. The molecule has 2 aliphatic rings. The van der Waals surface area contributed by atoms with Crippen LogP contribution in [0.5, 0.6) is 0 Å². The maximum atomic E-state index is 12.6. The molecule has 12 N–H and O–H groups in total. The minimum atomic E-state index is -5.93. The summed E-state index contributed by atoms with van der Waals surface area (Å²) in [5, 5.41) is 52.9. The highest BCUT2D eigenvalue weighted by atomic mass is 32.2. The highest BCUT2D eigenvalue weighted by molar-refractivity contribution is 8.13. The van der Waals surface area contributed by atoms with Crippen molar-refractivity contribution in [3.05, 3.63) is 25.3 Å². The number of phosphoric ester groups is 6. The molecule has 0 radical (unpaired) electrons. The number of nitrogens with zero attached hydrogens (tertiary/aromatic N) is 8. The van der Waals surface area contributed by atoms with Crippen LogP contribution in [-0.2, 0) is 113 Å². The lowest BCUT2D eigenvalue weighted by atomic mass is 9.87. The Kier molecular flexibility index (Phi) is 35.3. The Bertz CT molecular complexity index is 3890. The number of thioether (sulfide) groups is 2. The summed E-state index contributed by atoms with van der Waals surface area (Å²) < 4.78 is 122. The molecule has 0 aromatic carbocycles. The summed E-state index contributed by atoms with van der Waals surface area (Å²) in [6, 6.07) is 0. The van der Waals surface area contributed by atoms with Crippen LogP contribution >= 0.6 is 70.5 Å². The van der Waals surface area contributed by atoms with Crippen molar-refractivity contribution in [2.45, 2.75) is 167 Å². The predicted octanol–water partition coefficient (Wildman–Crippen LogP) is -5.00. The molecule has 2 saturated heterocycles. The number of amides is 4. The van der Waals surface area contributed by atoms with Crippen molar-refractivity contribution in [2.24, 2.45) is 10.8 Å². The van der Waals surface area contributed by atoms with E-state index >= 15 is 0 Å². The van der Waals surface area contributed by atoms with Crippen molar-refractivity contribution in [2.75, 3.05) is 75.6 Å². The van der Waals surface area contributed by atoms with E-state index < -0.39 is 168 Å². The molecule has 14 atom stereocenters. The lowest BCUT2D eigenvalue weighted by molar-refractivity contribution is -0.349. The summed E-state index contributed by atoms with van der Waals surface area (Å²) in [4.78, 5) is 192. The van der Waals surface area contributed by atoms with Crippen LogP contribution in [0.15, 0.2) is 25.3 Å². The van der Waals surface area contributed by atoms with Crippen LogP contribution in [0.3, 0.4) is 0 Å². The van der Waals surface area contributed by atoms with Gasteiger partial charge in [0.05, 0.1) is 54.7 Å². The number of aromatic nitrogens is 8. The van der Waals surface area contributed by atoms with Crippen molar-refractivity contribution in [1.29, 1.82) is 0 Å². The van der Waals surface area contributed by atoms with Crippen molar-refractivity contribution in [3.63, 3.8) is 0 Å². The Morgan fingerprint density at radius 1 is 0.545 bits per heavy atom. The number of aliphatic hydroxyl groups excluding tert-OH is 4. The molecular weight excluding hydrogens is 1640 g/mol. The predicted molar refractivity (Wildman–Crippen MR) is 365 cm³/mol. The third kappa shape index (κ3) is 28.8. The summed E-state index contributed by atoms with van der Waals surface area (Å²) in [6.45, 7) is 6.54. The van der Waals surface area contributed by atoms with Gasteiger partial charge in [0.15, 0.2) is 44.6 Å². The number of fused-ring (bicyclic) bond motifs is 2. The Hall–Kier alpha value is -4.88. The molecule has 56 heteroatoms. The quantitative estimate of drug-likeness (QED) is 0.0146. The molecule has 4 aromatic heterocycles. The fourth-order valence-electron chi connectivity index (χ4n) is 9.96. The second kappa shape index (κ2) is 40.6. The zero-order chi connectivity index (χ0) is 82.8. The first-order valence-corrected chi connectivity index (χ1v) is 43.6. The maximum Gasteiger partial charge on any atom is 0.274 e. The standard InChI is InChI=1S/2C27H46N7O17P3S/c2*1-5-6-7-18(36)55-11-10-29-17(35)8-9-30-25(39)22(38)26(2,3)13-48-54(45,46)51-53(43,44)47-12-16-20(50-52(40,41)42)21(37)27(4,49-16)34-15-33-19-23(28)31-14-32-24(19)34/h2*14-16,20-22,37-38H,5-13H2,1-4H3,(H,29,35)(H,30,39)(H,43,44)(H,45,46)(H2,28,31,32)(H2,40,41,42)/p-8. The van der Waals surface area contributed by atoms with Crippen molar-refractivity contribution < 1.29 is 161 Å². The molecule has 624 valence electrons. The average Bonchev–Trinajstić information content (AvgIpc) is 1.59. The minimum Gasteiger partial charge on any atom is -0.790 e. The Morgan fingerprint density at radius 2 is 0.882 bits per heavy atom. The smallest absolute Gasteiger partial charge is 0.274 e. The van der Waals surface area contributed by atoms with Gasteiger partial charge in [-0.25, -0.2) is 38.5 Å². The second-order valence-corrected chi connectivity index (χ2v) is 36.2. The highest BCUT2D eigenvalue weighted by Crippen LogP contribution is 2.58. The van der Waals surface area contributed by atoms with Gasteiger partial charge in [-0.2, -0.15) is 0 Å². The largest absolute Gasteiger partial charge is 0.790 e. The highest BCUT2D eigenvalue weighted by Gasteiger charge is 2.57. The van der Waals surface area contributed by atoms with Gasteiger partial charge < -0.3 is 138 Å². The van der Waals surface area contributed by atoms with Crippen LogP contribution in [0.25, 0.3) is 22.3 Å². The van der Waals surface area contributed by atoms with E-state index in [2.05, 4.69) is 86.9 Å². The number of anilines is 2. The topological polar surface area (TPSA) is 750 Å². The van der Waals surface area contributed by atoms with E-state index in [0.717, 1.165) is 83.7 Å². The minimum absolute atomic E-state index is 0.0197. The zero-order valence-corrected chi connectivity index (χ0v) is 66.9. The Balaban J connectivity index is 0.000000394. The van der Waals surface area contributed by atoms with E-state index in [4.69, 9.17) is 20.9 Å². The average molecular weight is 1720 g/mol. The number of rotatable bonds is 44. The molecule has 6 heterocycles. The molecule has 0 bridgehead atoms. The van der Waals surface area contributed by atoms with Gasteiger partial charge in [0.2, 0.25) is 23.6 Å². The number of imidazole rings is 2. The Labute approximate surface area is 635 Å². The first-order chi connectivity index (χ1) is 50.8. The number of unbranched alkanes of at least 4 members (excludes halogenated alkanes) is 2. The van der Waals surface area contributed by atoms with Crippen LogP contribution in [0.2, 0.25) is 0 Å². The van der Waals surface area contributed by atoms with Crippen LogP contribution in [0, 0.1) is 10.8 Å². The van der Waals surface area contributed by atoms with Gasteiger partial charge in [0, 0.05) is 74.2 Å². The first kappa shape index (κ1) is 95.7. The maximum absolute atomic E-state index is 12.6. The van der Waals surface area contributed by atoms with Gasteiger partial charge in [-0.15, -0.1) is 0 Å². The number of nitrogen functional groups attached to an aromatic ring is 2. The fraction of sp³-hybridized carbons (Fsp3) is 0.704. The van der Waals surface area contributed by atoms with E-state index in [1.807, 2.05) is 13.8 Å². The number of carbonyl (C=O) groups is 6. The molecule has 4 aromatic rings. The van der Waals surface area contributed by atoms with Gasteiger partial charge in [-0.1, -0.05) is 77.9 Å². The molecular formula is C54H84N14O34P6S2-8. The summed E-state index contributed by atoms with van der Waals surface area (Å²) in [6.07, 6.45) is -7.88. The van der Waals surface area contributed by atoms with Gasteiger partial charge >= 0.3 is 0 Å². The van der Waals surface area contributed by atoms with Crippen molar-refractivity contribution in [3.8, 4) is 0 Å². The van der Waals surface area contributed by atoms with Gasteiger partial charge in [-0.3, -0.25) is 56.2 Å². The van der Waals surface area contributed by atoms with E-state index in [1.165, 1.54) is 41.5 Å². The Morgan fingerprint density at radius 3 is 1.21 bits per heavy atom. The first-order valence-electron chi connectivity index (χ1n) is 32.8. The molecule has 0 saturated carbocycles. The third-order valence-corrected chi connectivity index (χ3v) is 23.8. The van der Waals surface area contributed by atoms with Crippen molar-refractivity contribution in [1.82, 2.24) is 60.3 Å². The van der Waals surface area contributed by atoms with E-state index in [0.29, 0.717) is 24.3 Å². The lowest BCUT2D eigenvalue weighted by Gasteiger charge is -2.36. The number of ether oxygens (including phenoxy) is 2. The van der Waals surface area contributed by atoms with E-state index in [-0.39, 0.29) is 83.2 Å². The van der Waals surface area contributed by atoms with Crippen LogP contribution in [0.4, 0.5) is 11.6 Å². The molecule has 6 rings (SSSR count). The summed E-state index contributed by atoms with van der Waals surface area (Å²) in [7, 11) is -35.3. The fourth-order valence-corrected chi connectivity index (χ4v) is 16.9. The van der Waals surface area contributed by atoms with Gasteiger partial charge in [0.1, 0.15) is 72.5 Å². The lowest BCUT2D eigenvalue weighted by Crippen LogP contribution is -2.46. The number of nitrogens with one attached hydrogen (secondary N) is 4. The van der Waals surface area contributed by atoms with E-state index in [9.17, 15) is 116 Å². The number of hydrogen-bond donors (Lipinski definition) is 10. The number of phosphoric acid groups is 6. The SMILES string of the molecule is CCCCC(=O)SCCNC(=O)CCNC(=O)C(O)C(C)(C)COP(=O)([O-])OP(=O)([O-])OCC1OC(C)(n2cnc3c(N)ncnc32)C(O)C1OP(=O)([O-])[O-].CCCCC(=O)SCCNC(=O)CCNC(=O)C(O)C(C)(C)COP(=O)([O-])OP(=O)([O-])OCC1OC(C)(n2cnc3c(N)ncnc32)C(O)C1OP(=O)([O-])[O-]. The van der Waals surface area contributed by atoms with Gasteiger partial charge in [0.25, 0.3) is 31.3 Å². The number of hydrogen-bond acceptors (Lipinski definition) is 44. The molecule has 14 unspecified atom stereocenters. The summed E-state index contributed by atoms with van der Waals surface area (Å²) >= 11 is 2.20. The van der Waals surface area contributed by atoms with Gasteiger partial charge in [-0.05, 0) is 26.7 Å². The molecule has 48 nitrogen and oxygen atoms in total. The van der Waals surface area contributed by atoms with Crippen molar-refractivity contribution >= 4 is 138 Å². The summed E-state index contributed by atoms with van der Waals surface area (Å²) in [5.41, 5.74) is 4.06. The zero-order valence-electron chi connectivity index (χ0n) is 59.9. The normalized spacial score (nSPS) is 23.2. The number of nitrogens with two attached hydrogens (primary N) is 2. The van der Waals surface area contributed by atoms with Crippen LogP contribution in [0.1, 0.15) is 107 Å². The molecule has 2 aliphatic heterocycles. The molecule has 110 heavy (non-hydrogen) atoms. The van der Waals surface area contributed by atoms with E-state index in [1.54, 1.807) is 0 Å². The second-order valence-electron chi connectivity index (χ2n) is 25.7. The third-order valence-electron chi connectivity index (χ3n) is 15.9. The molecule has 0 spiro atoms. The van der Waals surface area contributed by atoms with Crippen LogP contribution in [-0.4, -0.2) is 206 Å².